The number of carbonyl (C=O) groups excluding carboxylic acids is 1. The number of anilines is 1. The SMILES string of the molecule is O=C(Nc1ncnc(Cl)c1Cl)c1ccc(Cl)cc1Cl. The zero-order chi connectivity index (χ0) is 14.0. The van der Waals surface area contributed by atoms with Crippen molar-refractivity contribution < 1.29 is 4.79 Å². The molecule has 8 heteroatoms. The fourth-order valence-electron chi connectivity index (χ4n) is 1.28. The molecule has 0 aliphatic rings. The summed E-state index contributed by atoms with van der Waals surface area (Å²) in [5.41, 5.74) is 0.247. The van der Waals surface area contributed by atoms with E-state index in [0.29, 0.717) is 5.02 Å². The second-order valence-corrected chi connectivity index (χ2v) is 4.98. The molecule has 4 nitrogen and oxygen atoms in total. The van der Waals surface area contributed by atoms with Crippen LogP contribution in [0.3, 0.4) is 0 Å². The van der Waals surface area contributed by atoms with Crippen molar-refractivity contribution in [1.82, 2.24) is 9.97 Å². The molecule has 1 aromatic carbocycles. The standard InChI is InChI=1S/C11H5Cl4N3O/c12-5-1-2-6(7(13)3-5)11(19)18-10-8(14)9(15)16-4-17-10/h1-4H,(H,16,17,18,19). The molecule has 2 aromatic rings. The molecule has 0 saturated carbocycles. The van der Waals surface area contributed by atoms with E-state index in [-0.39, 0.29) is 26.6 Å². The van der Waals surface area contributed by atoms with Crippen LogP contribution in [-0.2, 0) is 0 Å². The van der Waals surface area contributed by atoms with Crippen LogP contribution in [0.2, 0.25) is 20.2 Å². The number of benzene rings is 1. The molecule has 1 heterocycles. The zero-order valence-corrected chi connectivity index (χ0v) is 12.1. The highest BCUT2D eigenvalue weighted by atomic mass is 35.5. The number of rotatable bonds is 2. The first-order valence-corrected chi connectivity index (χ1v) is 6.42. The van der Waals surface area contributed by atoms with Crippen molar-refractivity contribution >= 4 is 58.1 Å². The largest absolute Gasteiger partial charge is 0.305 e. The van der Waals surface area contributed by atoms with Gasteiger partial charge < -0.3 is 5.32 Å². The van der Waals surface area contributed by atoms with Gasteiger partial charge in [-0.25, -0.2) is 9.97 Å². The monoisotopic (exact) mass is 335 g/mol. The molecule has 1 amide bonds. The van der Waals surface area contributed by atoms with Crippen molar-refractivity contribution in [1.29, 1.82) is 0 Å². The second-order valence-electron chi connectivity index (χ2n) is 3.41. The number of aromatic nitrogens is 2. The molecule has 0 spiro atoms. The van der Waals surface area contributed by atoms with Crippen LogP contribution >= 0.6 is 46.4 Å². The van der Waals surface area contributed by atoms with Crippen LogP contribution in [0.4, 0.5) is 5.82 Å². The van der Waals surface area contributed by atoms with E-state index in [2.05, 4.69) is 15.3 Å². The number of nitrogens with zero attached hydrogens (tertiary/aromatic N) is 2. The van der Waals surface area contributed by atoms with Crippen LogP contribution in [-0.4, -0.2) is 15.9 Å². The summed E-state index contributed by atoms with van der Waals surface area (Å²) in [6.07, 6.45) is 1.19. The molecule has 98 valence electrons. The minimum absolute atomic E-state index is 0.0502. The Morgan fingerprint density at radius 3 is 2.53 bits per heavy atom. The van der Waals surface area contributed by atoms with Gasteiger partial charge in [0, 0.05) is 5.02 Å². The lowest BCUT2D eigenvalue weighted by atomic mass is 10.2. The summed E-state index contributed by atoms with van der Waals surface area (Å²) in [5.74, 6) is -0.365. The molecular formula is C11H5Cl4N3O. The average Bonchev–Trinajstić information content (AvgIpc) is 2.34. The van der Waals surface area contributed by atoms with Gasteiger partial charge in [0.25, 0.3) is 5.91 Å². The van der Waals surface area contributed by atoms with Gasteiger partial charge in [-0.05, 0) is 18.2 Å². The third-order valence-electron chi connectivity index (χ3n) is 2.15. The highest BCUT2D eigenvalue weighted by Gasteiger charge is 2.14. The van der Waals surface area contributed by atoms with Crippen LogP contribution in [0.5, 0.6) is 0 Å². The molecule has 0 aliphatic carbocycles. The van der Waals surface area contributed by atoms with Gasteiger partial charge in [0.1, 0.15) is 11.3 Å². The molecule has 1 aromatic heterocycles. The quantitative estimate of drug-likeness (QED) is 0.830. The predicted molar refractivity (Wildman–Crippen MR) is 76.5 cm³/mol. The van der Waals surface area contributed by atoms with Gasteiger partial charge >= 0.3 is 0 Å². The highest BCUT2D eigenvalue weighted by molar-refractivity contribution is 6.43. The Morgan fingerprint density at radius 2 is 1.84 bits per heavy atom. The second kappa shape index (κ2) is 5.92. The molecule has 0 saturated heterocycles. The lowest BCUT2D eigenvalue weighted by Gasteiger charge is -2.07. The van der Waals surface area contributed by atoms with Crippen molar-refractivity contribution in [2.45, 2.75) is 0 Å². The minimum atomic E-state index is -0.474. The van der Waals surface area contributed by atoms with E-state index in [1.54, 1.807) is 6.07 Å². The maximum atomic E-state index is 12.0. The van der Waals surface area contributed by atoms with E-state index < -0.39 is 5.91 Å². The smallest absolute Gasteiger partial charge is 0.258 e. The lowest BCUT2D eigenvalue weighted by Crippen LogP contribution is -2.14. The van der Waals surface area contributed by atoms with Crippen LogP contribution < -0.4 is 5.32 Å². The number of carbonyl (C=O) groups is 1. The van der Waals surface area contributed by atoms with Gasteiger partial charge in [-0.2, -0.15) is 0 Å². The topological polar surface area (TPSA) is 54.9 Å². The summed E-state index contributed by atoms with van der Waals surface area (Å²) in [7, 11) is 0. The number of halogens is 4. The van der Waals surface area contributed by atoms with Gasteiger partial charge in [-0.15, -0.1) is 0 Å². The summed E-state index contributed by atoms with van der Waals surface area (Å²) in [6.45, 7) is 0. The first-order valence-electron chi connectivity index (χ1n) is 4.91. The maximum absolute atomic E-state index is 12.0. The summed E-state index contributed by atoms with van der Waals surface area (Å²) < 4.78 is 0. The van der Waals surface area contributed by atoms with E-state index in [0.717, 1.165) is 0 Å². The molecule has 0 bridgehead atoms. The Labute approximate surface area is 128 Å². The Balaban J connectivity index is 2.28. The van der Waals surface area contributed by atoms with Crippen molar-refractivity contribution in [3.8, 4) is 0 Å². The number of hydrogen-bond acceptors (Lipinski definition) is 3. The first kappa shape index (κ1) is 14.3. The Morgan fingerprint density at radius 1 is 1.11 bits per heavy atom. The molecule has 0 aliphatic heterocycles. The Hall–Kier alpha value is -1.07. The van der Waals surface area contributed by atoms with Gasteiger partial charge in [0.15, 0.2) is 11.0 Å². The molecule has 0 unspecified atom stereocenters. The molecule has 2 rings (SSSR count). The molecular weight excluding hydrogens is 332 g/mol. The summed E-state index contributed by atoms with van der Waals surface area (Å²) in [4.78, 5) is 19.5. The summed E-state index contributed by atoms with van der Waals surface area (Å²) in [6, 6.07) is 4.51. The van der Waals surface area contributed by atoms with Crippen LogP contribution in [0.1, 0.15) is 10.4 Å². The minimum Gasteiger partial charge on any atom is -0.305 e. The summed E-state index contributed by atoms with van der Waals surface area (Å²) >= 11 is 23.3. The zero-order valence-electron chi connectivity index (χ0n) is 9.12. The average molecular weight is 337 g/mol. The number of amides is 1. The molecule has 1 N–H and O–H groups in total. The van der Waals surface area contributed by atoms with Gasteiger partial charge in [0.05, 0.1) is 10.6 Å². The predicted octanol–water partition coefficient (Wildman–Crippen LogP) is 4.34. The fourth-order valence-corrected chi connectivity index (χ4v) is 2.06. The van der Waals surface area contributed by atoms with Crippen molar-refractivity contribution in [3.63, 3.8) is 0 Å². The first-order chi connectivity index (χ1) is 8.99. The Bertz CT molecular complexity index is 648. The third kappa shape index (κ3) is 3.28. The maximum Gasteiger partial charge on any atom is 0.258 e. The third-order valence-corrected chi connectivity index (χ3v) is 3.44. The van der Waals surface area contributed by atoms with Crippen molar-refractivity contribution in [2.24, 2.45) is 0 Å². The Kier molecular flexibility index (Phi) is 4.47. The van der Waals surface area contributed by atoms with E-state index in [1.807, 2.05) is 0 Å². The van der Waals surface area contributed by atoms with Crippen molar-refractivity contribution in [2.75, 3.05) is 5.32 Å². The molecule has 0 fully saturated rings. The highest BCUT2D eigenvalue weighted by Crippen LogP contribution is 2.27. The van der Waals surface area contributed by atoms with Crippen LogP contribution in [0.15, 0.2) is 24.5 Å². The van der Waals surface area contributed by atoms with E-state index in [4.69, 9.17) is 46.4 Å². The molecule has 0 radical (unpaired) electrons. The van der Waals surface area contributed by atoms with Gasteiger partial charge in [-0.3, -0.25) is 4.79 Å². The fraction of sp³-hybridized carbons (Fsp3) is 0. The van der Waals surface area contributed by atoms with Crippen molar-refractivity contribution in [3.05, 3.63) is 50.3 Å². The molecule has 0 atom stereocenters. The van der Waals surface area contributed by atoms with E-state index >= 15 is 0 Å². The van der Waals surface area contributed by atoms with E-state index in [1.165, 1.54) is 18.5 Å². The number of hydrogen-bond donors (Lipinski definition) is 1. The van der Waals surface area contributed by atoms with Gasteiger partial charge in [-0.1, -0.05) is 46.4 Å². The summed E-state index contributed by atoms with van der Waals surface area (Å²) in [5, 5.41) is 3.26. The number of nitrogens with one attached hydrogen (secondary N) is 1. The lowest BCUT2D eigenvalue weighted by molar-refractivity contribution is 0.102. The normalized spacial score (nSPS) is 10.3. The van der Waals surface area contributed by atoms with Crippen LogP contribution in [0, 0.1) is 0 Å². The van der Waals surface area contributed by atoms with Crippen LogP contribution in [0.25, 0.3) is 0 Å². The van der Waals surface area contributed by atoms with Gasteiger partial charge in [0.2, 0.25) is 0 Å². The molecule has 19 heavy (non-hydrogen) atoms. The van der Waals surface area contributed by atoms with E-state index in [9.17, 15) is 4.79 Å².